The Morgan fingerprint density at radius 1 is 1.26 bits per heavy atom. The van der Waals surface area contributed by atoms with Gasteiger partial charge in [0.15, 0.2) is 5.54 Å². The van der Waals surface area contributed by atoms with Crippen LogP contribution in [-0.4, -0.2) is 72.9 Å². The van der Waals surface area contributed by atoms with E-state index in [9.17, 15) is 23.8 Å². The summed E-state index contributed by atoms with van der Waals surface area (Å²) in [5, 5.41) is 13.9. The van der Waals surface area contributed by atoms with Crippen LogP contribution < -0.4 is 4.72 Å². The molecule has 2 heterocycles. The molecule has 2 aliphatic rings. The van der Waals surface area contributed by atoms with E-state index in [2.05, 4.69) is 14.7 Å². The van der Waals surface area contributed by atoms with E-state index in [0.717, 1.165) is 9.87 Å². The SMILES string of the molecule is CC(C)(O)CNS(=O)(=O)N1C[C@H](CCCB2OC(C)(C)C(C)(C)O2)C(N=[N+]=[N-])(C(=O)OCc2ccccc2)C1. The lowest BCUT2D eigenvalue weighted by Gasteiger charge is -2.32. The molecule has 0 amide bonds. The predicted molar refractivity (Wildman–Crippen MR) is 147 cm³/mol. The van der Waals surface area contributed by atoms with E-state index in [0.29, 0.717) is 19.2 Å². The maximum atomic E-state index is 13.5. The highest BCUT2D eigenvalue weighted by Crippen LogP contribution is 2.41. The number of ether oxygens (including phenoxy) is 1. The first-order valence-electron chi connectivity index (χ1n) is 13.1. The molecule has 2 saturated heterocycles. The molecule has 2 fully saturated rings. The van der Waals surface area contributed by atoms with Crippen LogP contribution in [0, 0.1) is 5.92 Å². The van der Waals surface area contributed by atoms with Gasteiger partial charge < -0.3 is 19.2 Å². The molecule has 0 spiro atoms. The summed E-state index contributed by atoms with van der Waals surface area (Å²) in [6.45, 7) is 10.1. The number of benzene rings is 1. The number of carbonyl (C=O) groups excluding carboxylic acids is 1. The van der Waals surface area contributed by atoms with Crippen LogP contribution in [0.15, 0.2) is 35.4 Å². The van der Waals surface area contributed by atoms with E-state index in [-0.39, 0.29) is 26.2 Å². The van der Waals surface area contributed by atoms with Crippen LogP contribution in [-0.2, 0) is 35.7 Å². The number of hydrogen-bond donors (Lipinski definition) is 2. The zero-order valence-corrected chi connectivity index (χ0v) is 24.4. The fraction of sp³-hybridized carbons (Fsp3) is 0.720. The second-order valence-electron chi connectivity index (χ2n) is 11.9. The summed E-state index contributed by atoms with van der Waals surface area (Å²) in [5.74, 6) is -1.44. The Hall–Kier alpha value is -2.19. The Morgan fingerprint density at radius 2 is 1.87 bits per heavy atom. The quantitative estimate of drug-likeness (QED) is 0.129. The number of azide groups is 1. The van der Waals surface area contributed by atoms with Crippen molar-refractivity contribution >= 4 is 23.3 Å². The minimum absolute atomic E-state index is 0.0489. The molecule has 1 aromatic carbocycles. The number of nitrogens with one attached hydrogen (secondary N) is 1. The molecule has 0 aromatic heterocycles. The molecule has 2 aliphatic heterocycles. The number of esters is 1. The van der Waals surface area contributed by atoms with E-state index in [1.165, 1.54) is 13.8 Å². The summed E-state index contributed by atoms with van der Waals surface area (Å²) in [6, 6.07) is 9.04. The molecule has 2 N–H and O–H groups in total. The van der Waals surface area contributed by atoms with E-state index in [4.69, 9.17) is 14.0 Å². The zero-order chi connectivity index (χ0) is 29.1. The number of hydrogen-bond acceptors (Lipinski definition) is 8. The average Bonchev–Trinajstić information content (AvgIpc) is 3.31. The third-order valence-electron chi connectivity index (χ3n) is 7.63. The van der Waals surface area contributed by atoms with Gasteiger partial charge in [-0.15, -0.1) is 0 Å². The van der Waals surface area contributed by atoms with Crippen molar-refractivity contribution < 1.29 is 32.4 Å². The van der Waals surface area contributed by atoms with Crippen molar-refractivity contribution in [3.8, 4) is 0 Å². The summed E-state index contributed by atoms with van der Waals surface area (Å²) in [6.07, 6.45) is 1.40. The minimum atomic E-state index is -4.10. The van der Waals surface area contributed by atoms with Crippen molar-refractivity contribution in [3.05, 3.63) is 46.3 Å². The molecule has 1 unspecified atom stereocenters. The van der Waals surface area contributed by atoms with Crippen LogP contribution in [0.5, 0.6) is 0 Å². The first-order chi connectivity index (χ1) is 18.0. The molecule has 0 radical (unpaired) electrons. The summed E-state index contributed by atoms with van der Waals surface area (Å²) in [5.41, 5.74) is 6.17. The lowest BCUT2D eigenvalue weighted by molar-refractivity contribution is -0.152. The molecule has 1 aromatic rings. The molecule has 3 rings (SSSR count). The Bertz CT molecular complexity index is 1150. The minimum Gasteiger partial charge on any atom is -0.460 e. The van der Waals surface area contributed by atoms with E-state index < -0.39 is 51.6 Å². The van der Waals surface area contributed by atoms with E-state index in [1.807, 2.05) is 45.9 Å². The highest BCUT2D eigenvalue weighted by molar-refractivity contribution is 7.87. The number of nitrogens with zero attached hydrogens (tertiary/aromatic N) is 4. The molecule has 0 bridgehead atoms. The zero-order valence-electron chi connectivity index (χ0n) is 23.6. The van der Waals surface area contributed by atoms with Crippen LogP contribution in [0.25, 0.3) is 10.4 Å². The molecule has 14 heteroatoms. The molecular weight excluding hydrogens is 525 g/mol. The van der Waals surface area contributed by atoms with Crippen molar-refractivity contribution in [2.24, 2.45) is 11.0 Å². The Morgan fingerprint density at radius 3 is 2.44 bits per heavy atom. The lowest BCUT2D eigenvalue weighted by Crippen LogP contribution is -2.48. The monoisotopic (exact) mass is 565 g/mol. The van der Waals surface area contributed by atoms with Gasteiger partial charge in [-0.2, -0.15) is 17.4 Å². The standard InChI is InChI=1S/C25H40BN5O7S/c1-22(2,33)17-28-39(34,35)31-15-20(13-10-14-26-37-23(3,4)24(5,6)38-26)25(18-31,29-30-27)21(32)36-16-19-11-8-7-9-12-19/h7-9,11-12,20,28,33H,10,13-18H2,1-6H3/t20-,25?/m0/s1. The van der Waals surface area contributed by atoms with Crippen LogP contribution in [0.4, 0.5) is 0 Å². The predicted octanol–water partition coefficient (Wildman–Crippen LogP) is 3.19. The number of rotatable bonds is 12. The van der Waals surface area contributed by atoms with Gasteiger partial charge in [-0.3, -0.25) is 4.79 Å². The molecule has 2 atom stereocenters. The van der Waals surface area contributed by atoms with Crippen molar-refractivity contribution in [1.82, 2.24) is 9.03 Å². The summed E-state index contributed by atoms with van der Waals surface area (Å²) < 4.78 is 47.4. The topological polar surface area (TPSA) is 163 Å². The van der Waals surface area contributed by atoms with Crippen molar-refractivity contribution in [2.75, 3.05) is 19.6 Å². The first-order valence-corrected chi connectivity index (χ1v) is 14.6. The molecule has 0 saturated carbocycles. The lowest BCUT2D eigenvalue weighted by atomic mass is 9.78. The molecule has 0 aliphatic carbocycles. The van der Waals surface area contributed by atoms with Gasteiger partial charge in [-0.1, -0.05) is 41.9 Å². The van der Waals surface area contributed by atoms with Gasteiger partial charge >= 0.3 is 13.1 Å². The van der Waals surface area contributed by atoms with Crippen LogP contribution in [0.2, 0.25) is 6.32 Å². The van der Waals surface area contributed by atoms with Gasteiger partial charge in [0.2, 0.25) is 0 Å². The summed E-state index contributed by atoms with van der Waals surface area (Å²) >= 11 is 0. The van der Waals surface area contributed by atoms with Crippen molar-refractivity contribution in [1.29, 1.82) is 0 Å². The second-order valence-corrected chi connectivity index (χ2v) is 13.7. The second kappa shape index (κ2) is 11.7. The van der Waals surface area contributed by atoms with E-state index >= 15 is 0 Å². The Balaban J connectivity index is 1.80. The number of carbonyl (C=O) groups is 1. The first kappa shape index (κ1) is 31.3. The third kappa shape index (κ3) is 7.52. The van der Waals surface area contributed by atoms with Gasteiger partial charge in [0.05, 0.1) is 16.8 Å². The highest BCUT2D eigenvalue weighted by atomic mass is 32.2. The fourth-order valence-corrected chi connectivity index (χ4v) is 6.12. The smallest absolute Gasteiger partial charge is 0.457 e. The molecule has 12 nitrogen and oxygen atoms in total. The Kier molecular flexibility index (Phi) is 9.43. The normalized spacial score (nSPS) is 24.9. The fourth-order valence-electron chi connectivity index (χ4n) is 4.66. The maximum absolute atomic E-state index is 13.5. The van der Waals surface area contributed by atoms with Crippen molar-refractivity contribution in [2.45, 2.75) is 89.7 Å². The van der Waals surface area contributed by atoms with Crippen LogP contribution in [0.1, 0.15) is 59.9 Å². The Labute approximate surface area is 231 Å². The van der Waals surface area contributed by atoms with E-state index in [1.54, 1.807) is 12.1 Å². The third-order valence-corrected chi connectivity index (χ3v) is 9.09. The van der Waals surface area contributed by atoms with Gasteiger partial charge in [0, 0.05) is 24.5 Å². The summed E-state index contributed by atoms with van der Waals surface area (Å²) in [4.78, 5) is 16.4. The molecule has 216 valence electrons. The summed E-state index contributed by atoms with van der Waals surface area (Å²) in [7, 11) is -4.56. The van der Waals surface area contributed by atoms with Gasteiger partial charge in [0.1, 0.15) is 6.61 Å². The van der Waals surface area contributed by atoms with Gasteiger partial charge in [-0.25, -0.2) is 0 Å². The van der Waals surface area contributed by atoms with Gasteiger partial charge in [0.25, 0.3) is 10.2 Å². The van der Waals surface area contributed by atoms with Crippen LogP contribution >= 0.6 is 0 Å². The molecule has 39 heavy (non-hydrogen) atoms. The van der Waals surface area contributed by atoms with Crippen molar-refractivity contribution in [3.63, 3.8) is 0 Å². The average molecular weight is 566 g/mol. The van der Waals surface area contributed by atoms with Crippen LogP contribution in [0.3, 0.4) is 0 Å². The molecular formula is C25H40BN5O7S. The number of aliphatic hydroxyl groups is 1. The highest BCUT2D eigenvalue weighted by Gasteiger charge is 2.56. The van der Waals surface area contributed by atoms with Gasteiger partial charge in [-0.05, 0) is 71.3 Å². The largest absolute Gasteiger partial charge is 0.460 e. The maximum Gasteiger partial charge on any atom is 0.457 e.